The van der Waals surface area contributed by atoms with E-state index >= 15 is 0 Å². The van der Waals surface area contributed by atoms with Crippen molar-refractivity contribution in [2.75, 3.05) is 18.5 Å². The zero-order valence-corrected chi connectivity index (χ0v) is 21.8. The molecule has 3 atom stereocenters. The molecular weight excluding hydrogens is 509 g/mol. The van der Waals surface area contributed by atoms with E-state index in [-0.39, 0.29) is 29.5 Å². The van der Waals surface area contributed by atoms with Crippen LogP contribution in [-0.2, 0) is 4.74 Å². The number of ether oxygens (including phenoxy) is 2. The molecule has 1 saturated heterocycles. The Morgan fingerprint density at radius 2 is 1.82 bits per heavy atom. The predicted octanol–water partition coefficient (Wildman–Crippen LogP) is 5.46. The first-order valence-corrected chi connectivity index (χ1v) is 13.1. The van der Waals surface area contributed by atoms with E-state index in [0.29, 0.717) is 30.7 Å². The maximum Gasteiger partial charge on any atom is 0.274 e. The fraction of sp³-hybridized carbons (Fsp3) is 0.414. The van der Waals surface area contributed by atoms with Gasteiger partial charge in [0.05, 0.1) is 30.7 Å². The molecular formula is C29H31F3N4O3. The summed E-state index contributed by atoms with van der Waals surface area (Å²) in [6.07, 6.45) is 5.59. The van der Waals surface area contributed by atoms with Crippen molar-refractivity contribution in [3.63, 3.8) is 0 Å². The average molecular weight is 541 g/mol. The van der Waals surface area contributed by atoms with Crippen LogP contribution in [-0.4, -0.2) is 41.2 Å². The van der Waals surface area contributed by atoms with Gasteiger partial charge in [-0.25, -0.2) is 18.2 Å². The molecule has 5 rings (SSSR count). The Labute approximate surface area is 224 Å². The van der Waals surface area contributed by atoms with Gasteiger partial charge >= 0.3 is 0 Å². The van der Waals surface area contributed by atoms with Crippen molar-refractivity contribution in [3.8, 4) is 17.0 Å². The highest BCUT2D eigenvalue weighted by Gasteiger charge is 2.31. The molecule has 0 spiro atoms. The summed E-state index contributed by atoms with van der Waals surface area (Å²) in [6.45, 7) is 5.01. The molecule has 3 N–H and O–H groups in total. The van der Waals surface area contributed by atoms with Gasteiger partial charge in [-0.2, -0.15) is 0 Å². The summed E-state index contributed by atoms with van der Waals surface area (Å²) in [5.74, 6) is -2.71. The third-order valence-corrected chi connectivity index (χ3v) is 7.51. The summed E-state index contributed by atoms with van der Waals surface area (Å²) in [5.41, 5.74) is 6.27. The van der Waals surface area contributed by atoms with Gasteiger partial charge in [-0.15, -0.1) is 0 Å². The van der Waals surface area contributed by atoms with Crippen LogP contribution in [0.2, 0.25) is 0 Å². The summed E-state index contributed by atoms with van der Waals surface area (Å²) >= 11 is 0. The Kier molecular flexibility index (Phi) is 7.86. The lowest BCUT2D eigenvalue weighted by atomic mass is 9.72. The number of amides is 1. The van der Waals surface area contributed by atoms with E-state index in [9.17, 15) is 18.0 Å². The van der Waals surface area contributed by atoms with Crippen LogP contribution in [0.25, 0.3) is 11.3 Å². The highest BCUT2D eigenvalue weighted by atomic mass is 19.1. The number of rotatable bonds is 7. The van der Waals surface area contributed by atoms with Crippen LogP contribution in [0.15, 0.2) is 42.7 Å². The topological polar surface area (TPSA) is 99.4 Å². The number of pyridine rings is 2. The third-order valence-electron chi connectivity index (χ3n) is 7.51. The summed E-state index contributed by atoms with van der Waals surface area (Å²) in [7, 11) is 0. The maximum atomic E-state index is 14.9. The van der Waals surface area contributed by atoms with Gasteiger partial charge < -0.3 is 20.5 Å². The molecule has 0 bridgehead atoms. The van der Waals surface area contributed by atoms with Crippen LogP contribution >= 0.6 is 0 Å². The summed E-state index contributed by atoms with van der Waals surface area (Å²) < 4.78 is 55.0. The van der Waals surface area contributed by atoms with Crippen LogP contribution in [0.1, 0.15) is 55.1 Å². The number of carbonyl (C=O) groups excluding carboxylic acids is 1. The number of aromatic nitrogens is 2. The van der Waals surface area contributed by atoms with E-state index in [1.165, 1.54) is 6.07 Å². The molecule has 0 unspecified atom stereocenters. The molecule has 1 aliphatic carbocycles. The lowest BCUT2D eigenvalue weighted by Crippen LogP contribution is -2.38. The Hall–Kier alpha value is -3.50. The number of nitrogens with zero attached hydrogens (tertiary/aromatic N) is 2. The number of nitrogens with one attached hydrogen (secondary N) is 1. The number of hydrogen-bond acceptors (Lipinski definition) is 6. The van der Waals surface area contributed by atoms with Gasteiger partial charge in [0.1, 0.15) is 40.7 Å². The number of carbonyl (C=O) groups is 1. The molecule has 2 aromatic heterocycles. The van der Waals surface area contributed by atoms with Gasteiger partial charge in [0, 0.05) is 24.4 Å². The van der Waals surface area contributed by atoms with Crippen LogP contribution in [0.3, 0.4) is 0 Å². The van der Waals surface area contributed by atoms with E-state index in [1.54, 1.807) is 12.4 Å². The molecule has 1 aromatic carbocycles. The molecule has 1 saturated carbocycles. The van der Waals surface area contributed by atoms with Crippen LogP contribution in [0, 0.1) is 29.3 Å². The van der Waals surface area contributed by atoms with Gasteiger partial charge in [0.2, 0.25) is 0 Å². The van der Waals surface area contributed by atoms with E-state index < -0.39 is 34.6 Å². The Balaban J connectivity index is 1.39. The SMILES string of the molecule is CC(C)[C@@H]1C[C@@H](N)C[C@H](c2ccncc2NC(=O)c2ccc(F)c(-c3c(F)cc(OC4COC4)cc3F)n2)C1. The van der Waals surface area contributed by atoms with Gasteiger partial charge in [-0.1, -0.05) is 13.8 Å². The van der Waals surface area contributed by atoms with Crippen LogP contribution in [0.5, 0.6) is 5.75 Å². The maximum absolute atomic E-state index is 14.9. The number of anilines is 1. The summed E-state index contributed by atoms with van der Waals surface area (Å²) in [4.78, 5) is 21.4. The number of hydrogen-bond donors (Lipinski definition) is 2. The van der Waals surface area contributed by atoms with Crippen molar-refractivity contribution in [1.29, 1.82) is 0 Å². The Morgan fingerprint density at radius 3 is 2.49 bits per heavy atom. The van der Waals surface area contributed by atoms with Crippen molar-refractivity contribution in [1.82, 2.24) is 9.97 Å². The van der Waals surface area contributed by atoms with Gasteiger partial charge in [0.15, 0.2) is 0 Å². The number of halogens is 3. The van der Waals surface area contributed by atoms with E-state index in [0.717, 1.165) is 43.0 Å². The van der Waals surface area contributed by atoms with Gasteiger partial charge in [-0.05, 0) is 60.8 Å². The molecule has 39 heavy (non-hydrogen) atoms. The average Bonchev–Trinajstić information content (AvgIpc) is 2.87. The van der Waals surface area contributed by atoms with Gasteiger partial charge in [0.25, 0.3) is 5.91 Å². The summed E-state index contributed by atoms with van der Waals surface area (Å²) in [5, 5.41) is 2.81. The minimum absolute atomic E-state index is 0.0393. The third kappa shape index (κ3) is 5.91. The molecule has 3 heterocycles. The minimum atomic E-state index is -1.06. The van der Waals surface area contributed by atoms with Crippen molar-refractivity contribution >= 4 is 11.6 Å². The highest BCUT2D eigenvalue weighted by Crippen LogP contribution is 2.41. The van der Waals surface area contributed by atoms with E-state index in [4.69, 9.17) is 15.2 Å². The van der Waals surface area contributed by atoms with Crippen molar-refractivity contribution in [3.05, 3.63) is 71.4 Å². The molecule has 0 radical (unpaired) electrons. The number of benzene rings is 1. The lowest BCUT2D eigenvalue weighted by Gasteiger charge is -2.36. The minimum Gasteiger partial charge on any atom is -0.485 e. The molecule has 7 nitrogen and oxygen atoms in total. The quantitative estimate of drug-likeness (QED) is 0.413. The second kappa shape index (κ2) is 11.3. The molecule has 1 amide bonds. The molecule has 2 aliphatic rings. The van der Waals surface area contributed by atoms with Crippen LogP contribution < -0.4 is 15.8 Å². The van der Waals surface area contributed by atoms with Crippen LogP contribution in [0.4, 0.5) is 18.9 Å². The van der Waals surface area contributed by atoms with Crippen molar-refractivity contribution < 1.29 is 27.4 Å². The monoisotopic (exact) mass is 540 g/mol. The molecule has 2 fully saturated rings. The first-order valence-electron chi connectivity index (χ1n) is 13.1. The molecule has 1 aliphatic heterocycles. The van der Waals surface area contributed by atoms with Crippen molar-refractivity contribution in [2.45, 2.75) is 51.2 Å². The molecule has 10 heteroatoms. The standard InChI is InChI=1S/C29H31F3N4O3/c1-15(2)16-7-17(9-18(33)8-16)21-5-6-34-12-26(21)36-29(37)25-4-3-22(30)28(35-25)27-23(31)10-19(11-24(27)32)39-20-13-38-14-20/h3-6,10-12,15-18,20H,7-9,13-14,33H2,1-2H3,(H,36,37)/t16-,17+,18+/m0/s1. The normalized spacial score (nSPS) is 21.5. The van der Waals surface area contributed by atoms with Gasteiger partial charge in [-0.3, -0.25) is 9.78 Å². The smallest absolute Gasteiger partial charge is 0.274 e. The highest BCUT2D eigenvalue weighted by molar-refractivity contribution is 6.03. The zero-order valence-electron chi connectivity index (χ0n) is 21.8. The first-order chi connectivity index (χ1) is 18.7. The zero-order chi connectivity index (χ0) is 27.7. The number of nitrogens with two attached hydrogens (primary N) is 1. The Morgan fingerprint density at radius 1 is 1.08 bits per heavy atom. The fourth-order valence-electron chi connectivity index (χ4n) is 5.32. The van der Waals surface area contributed by atoms with Crippen molar-refractivity contribution in [2.24, 2.45) is 17.6 Å². The first kappa shape index (κ1) is 27.1. The van der Waals surface area contributed by atoms with E-state index in [2.05, 4.69) is 29.1 Å². The second-order valence-electron chi connectivity index (χ2n) is 10.7. The van der Waals surface area contributed by atoms with E-state index in [1.807, 2.05) is 6.07 Å². The summed E-state index contributed by atoms with van der Waals surface area (Å²) in [6, 6.07) is 5.97. The molecule has 206 valence electrons. The Bertz CT molecular complexity index is 1340. The molecule has 3 aromatic rings. The second-order valence-corrected chi connectivity index (χ2v) is 10.7. The lowest BCUT2D eigenvalue weighted by molar-refractivity contribution is -0.0798. The fourth-order valence-corrected chi connectivity index (χ4v) is 5.32. The predicted molar refractivity (Wildman–Crippen MR) is 140 cm³/mol. The largest absolute Gasteiger partial charge is 0.485 e.